The van der Waals surface area contributed by atoms with Crippen LogP contribution in [-0.2, 0) is 22.6 Å². The Labute approximate surface area is 153 Å². The van der Waals surface area contributed by atoms with Crippen molar-refractivity contribution in [2.24, 2.45) is 0 Å². The van der Waals surface area contributed by atoms with Gasteiger partial charge >= 0.3 is 5.97 Å². The quantitative estimate of drug-likeness (QED) is 0.617. The van der Waals surface area contributed by atoms with Crippen LogP contribution < -0.4 is 15.0 Å². The maximum atomic E-state index is 12.1. The van der Waals surface area contributed by atoms with Crippen LogP contribution in [0.15, 0.2) is 34.4 Å². The van der Waals surface area contributed by atoms with Crippen LogP contribution in [0.3, 0.4) is 0 Å². The summed E-state index contributed by atoms with van der Waals surface area (Å²) in [6.07, 6.45) is 0.0830. The molecule has 0 aliphatic rings. The number of rotatable bonds is 6. The topological polar surface area (TPSA) is 79.1 Å². The highest BCUT2D eigenvalue weighted by atomic mass is 32.1. The van der Waals surface area contributed by atoms with Crippen LogP contribution in [0.4, 0.5) is 0 Å². The van der Waals surface area contributed by atoms with Crippen LogP contribution in [0.1, 0.15) is 17.0 Å². The highest BCUT2D eigenvalue weighted by Crippen LogP contribution is 2.27. The minimum Gasteiger partial charge on any atom is -0.493 e. The van der Waals surface area contributed by atoms with Gasteiger partial charge in [-0.1, -0.05) is 6.07 Å². The van der Waals surface area contributed by atoms with Crippen molar-refractivity contribution < 1.29 is 19.0 Å². The lowest BCUT2D eigenvalue weighted by molar-refractivity contribution is -0.144. The Kier molecular flexibility index (Phi) is 5.22. The molecule has 0 aliphatic heterocycles. The number of hydrogen-bond acceptors (Lipinski definition) is 7. The highest BCUT2D eigenvalue weighted by Gasteiger charge is 2.11. The van der Waals surface area contributed by atoms with E-state index in [9.17, 15) is 9.59 Å². The van der Waals surface area contributed by atoms with Crippen LogP contribution in [-0.4, -0.2) is 29.6 Å². The molecule has 0 saturated heterocycles. The predicted molar refractivity (Wildman–Crippen MR) is 97.1 cm³/mol. The molecule has 0 bridgehead atoms. The fourth-order valence-electron chi connectivity index (χ4n) is 2.54. The first-order valence-electron chi connectivity index (χ1n) is 7.85. The number of carbonyl (C=O) groups excluding carboxylic acids is 1. The van der Waals surface area contributed by atoms with Gasteiger partial charge in [-0.15, -0.1) is 11.3 Å². The standard InChI is InChI=1S/C18H18N2O5S/c1-11-10-26-18-19-13(8-16(21)20(11)18)9-25-17(22)7-12-4-5-14(23-2)15(6-12)24-3/h4-6,8,10H,7,9H2,1-3H3. The lowest BCUT2D eigenvalue weighted by Gasteiger charge is -2.09. The fraction of sp³-hybridized carbons (Fsp3) is 0.278. The number of thiazole rings is 1. The Morgan fingerprint density at radius 1 is 1.19 bits per heavy atom. The minimum absolute atomic E-state index is 0.0468. The number of hydrogen-bond donors (Lipinski definition) is 0. The van der Waals surface area contributed by atoms with Crippen LogP contribution in [0.25, 0.3) is 4.96 Å². The number of nitrogens with zero attached hydrogens (tertiary/aromatic N) is 2. The molecular weight excluding hydrogens is 356 g/mol. The van der Waals surface area contributed by atoms with Crippen LogP contribution in [0.5, 0.6) is 11.5 Å². The zero-order valence-corrected chi connectivity index (χ0v) is 15.5. The third-order valence-corrected chi connectivity index (χ3v) is 4.75. The van der Waals surface area contributed by atoms with E-state index >= 15 is 0 Å². The van der Waals surface area contributed by atoms with Crippen LogP contribution in [0.2, 0.25) is 0 Å². The van der Waals surface area contributed by atoms with E-state index in [1.165, 1.54) is 28.9 Å². The number of esters is 1. The van der Waals surface area contributed by atoms with Gasteiger partial charge in [-0.25, -0.2) is 4.98 Å². The number of methoxy groups -OCH3 is 2. The van der Waals surface area contributed by atoms with Gasteiger partial charge in [0.2, 0.25) is 0 Å². The summed E-state index contributed by atoms with van der Waals surface area (Å²) in [5, 5.41) is 1.86. The first kappa shape index (κ1) is 17.9. The first-order valence-corrected chi connectivity index (χ1v) is 8.73. The van der Waals surface area contributed by atoms with Crippen molar-refractivity contribution in [1.82, 2.24) is 9.38 Å². The van der Waals surface area contributed by atoms with Crippen LogP contribution in [0, 0.1) is 6.92 Å². The second-order valence-electron chi connectivity index (χ2n) is 5.61. The molecule has 1 aromatic carbocycles. The van der Waals surface area contributed by atoms with E-state index in [1.807, 2.05) is 12.3 Å². The van der Waals surface area contributed by atoms with Crippen LogP contribution >= 0.6 is 11.3 Å². The van der Waals surface area contributed by atoms with E-state index < -0.39 is 5.97 Å². The first-order chi connectivity index (χ1) is 12.5. The SMILES string of the molecule is COc1ccc(CC(=O)OCc2cc(=O)n3c(C)csc3n2)cc1OC. The summed E-state index contributed by atoms with van der Waals surface area (Å²) in [7, 11) is 3.08. The Morgan fingerprint density at radius 3 is 2.69 bits per heavy atom. The van der Waals surface area contributed by atoms with Gasteiger partial charge < -0.3 is 14.2 Å². The number of aryl methyl sites for hydroxylation is 1. The lowest BCUT2D eigenvalue weighted by atomic mass is 10.1. The number of aromatic nitrogens is 2. The van der Waals surface area contributed by atoms with E-state index in [0.717, 1.165) is 11.3 Å². The minimum atomic E-state index is -0.415. The molecule has 26 heavy (non-hydrogen) atoms. The Morgan fingerprint density at radius 2 is 1.96 bits per heavy atom. The van der Waals surface area contributed by atoms with Gasteiger partial charge in [-0.05, 0) is 24.6 Å². The molecule has 0 unspecified atom stereocenters. The molecule has 2 heterocycles. The smallest absolute Gasteiger partial charge is 0.310 e. The second-order valence-corrected chi connectivity index (χ2v) is 6.44. The molecule has 0 radical (unpaired) electrons. The molecule has 0 amide bonds. The molecule has 0 aliphatic carbocycles. The number of fused-ring (bicyclic) bond motifs is 1. The summed E-state index contributed by atoms with van der Waals surface area (Å²) < 4.78 is 17.2. The number of ether oxygens (including phenoxy) is 3. The Bertz CT molecular complexity index is 1010. The van der Waals surface area contributed by atoms with Gasteiger partial charge in [0, 0.05) is 17.1 Å². The van der Waals surface area contributed by atoms with Crippen molar-refractivity contribution in [3.8, 4) is 11.5 Å². The van der Waals surface area contributed by atoms with Gasteiger partial charge in [0.15, 0.2) is 16.5 Å². The van der Waals surface area contributed by atoms with Crippen molar-refractivity contribution in [1.29, 1.82) is 0 Å². The van der Waals surface area contributed by atoms with Crippen molar-refractivity contribution >= 4 is 22.3 Å². The summed E-state index contributed by atoms with van der Waals surface area (Å²) in [6, 6.07) is 6.62. The van der Waals surface area contributed by atoms with Gasteiger partial charge in [0.05, 0.1) is 26.3 Å². The van der Waals surface area contributed by atoms with Crippen molar-refractivity contribution in [3.05, 3.63) is 57.0 Å². The van der Waals surface area contributed by atoms with Crippen molar-refractivity contribution in [2.75, 3.05) is 14.2 Å². The summed E-state index contributed by atoms with van der Waals surface area (Å²) in [5.41, 5.74) is 1.82. The summed E-state index contributed by atoms with van der Waals surface area (Å²) in [5.74, 6) is 0.724. The van der Waals surface area contributed by atoms with Gasteiger partial charge in [-0.3, -0.25) is 14.0 Å². The van der Waals surface area contributed by atoms with E-state index in [0.29, 0.717) is 22.2 Å². The average molecular weight is 374 g/mol. The summed E-state index contributed by atoms with van der Waals surface area (Å²) in [6.45, 7) is 1.80. The molecule has 0 fully saturated rings. The van der Waals surface area contributed by atoms with E-state index in [1.54, 1.807) is 25.3 Å². The third kappa shape index (κ3) is 3.70. The monoisotopic (exact) mass is 374 g/mol. The maximum absolute atomic E-state index is 12.1. The molecular formula is C18H18N2O5S. The van der Waals surface area contributed by atoms with E-state index in [2.05, 4.69) is 4.98 Å². The predicted octanol–water partition coefficient (Wildman–Crippen LogP) is 2.37. The molecule has 0 saturated carbocycles. The number of benzene rings is 1. The number of carbonyl (C=O) groups is 1. The Balaban J connectivity index is 1.67. The Hall–Kier alpha value is -2.87. The zero-order chi connectivity index (χ0) is 18.7. The van der Waals surface area contributed by atoms with Gasteiger partial charge in [0.1, 0.15) is 6.61 Å². The molecule has 8 heteroatoms. The van der Waals surface area contributed by atoms with E-state index in [4.69, 9.17) is 14.2 Å². The molecule has 2 aromatic heterocycles. The normalized spacial score (nSPS) is 10.7. The second kappa shape index (κ2) is 7.57. The van der Waals surface area contributed by atoms with Gasteiger partial charge in [0.25, 0.3) is 5.56 Å². The summed E-state index contributed by atoms with van der Waals surface area (Å²) in [4.78, 5) is 29.1. The molecule has 3 aromatic rings. The largest absolute Gasteiger partial charge is 0.493 e. The molecule has 136 valence electrons. The van der Waals surface area contributed by atoms with Gasteiger partial charge in [-0.2, -0.15) is 0 Å². The summed E-state index contributed by atoms with van der Waals surface area (Å²) >= 11 is 1.37. The lowest BCUT2D eigenvalue weighted by Crippen LogP contribution is -2.16. The molecule has 0 atom stereocenters. The third-order valence-electron chi connectivity index (χ3n) is 3.81. The average Bonchev–Trinajstić information content (AvgIpc) is 3.01. The van der Waals surface area contributed by atoms with E-state index in [-0.39, 0.29) is 18.6 Å². The maximum Gasteiger partial charge on any atom is 0.310 e. The van der Waals surface area contributed by atoms with Crippen molar-refractivity contribution in [2.45, 2.75) is 20.0 Å². The molecule has 0 N–H and O–H groups in total. The molecule has 3 rings (SSSR count). The fourth-order valence-corrected chi connectivity index (χ4v) is 3.43. The highest BCUT2D eigenvalue weighted by molar-refractivity contribution is 7.15. The molecule has 7 nitrogen and oxygen atoms in total. The van der Waals surface area contributed by atoms with Crippen molar-refractivity contribution in [3.63, 3.8) is 0 Å². The molecule has 0 spiro atoms. The zero-order valence-electron chi connectivity index (χ0n) is 14.6.